The van der Waals surface area contributed by atoms with Gasteiger partial charge in [0.2, 0.25) is 0 Å². The number of nitro groups is 1. The van der Waals surface area contributed by atoms with Crippen molar-refractivity contribution in [1.29, 1.82) is 0 Å². The van der Waals surface area contributed by atoms with Gasteiger partial charge < -0.3 is 10.0 Å². The number of aromatic nitrogens is 1. The summed E-state index contributed by atoms with van der Waals surface area (Å²) in [7, 11) is 0. The summed E-state index contributed by atoms with van der Waals surface area (Å²) in [5, 5.41) is 21.1. The minimum atomic E-state index is -0.794. The average molecular weight is 287 g/mol. The first kappa shape index (κ1) is 13.3. The van der Waals surface area contributed by atoms with Gasteiger partial charge in [-0.15, -0.1) is 0 Å². The number of carbonyl (C=O) groups is 1. The van der Waals surface area contributed by atoms with Gasteiger partial charge in [0, 0.05) is 48.5 Å². The molecule has 0 amide bonds. The van der Waals surface area contributed by atoms with Gasteiger partial charge in [-0.3, -0.25) is 19.9 Å². The van der Waals surface area contributed by atoms with Gasteiger partial charge in [-0.25, -0.2) is 0 Å². The van der Waals surface area contributed by atoms with Crippen molar-refractivity contribution >= 4 is 28.1 Å². The van der Waals surface area contributed by atoms with E-state index in [1.165, 1.54) is 12.3 Å². The second-order valence-electron chi connectivity index (χ2n) is 5.15. The molecular formula is C14H13N3O4. The van der Waals surface area contributed by atoms with E-state index >= 15 is 0 Å². The largest absolute Gasteiger partial charge is 0.481 e. The van der Waals surface area contributed by atoms with Crippen molar-refractivity contribution in [3.05, 3.63) is 40.7 Å². The standard InChI is InChI=1S/C14H13N3O4/c18-14(19)5-9-7-16(8-9)12-1-2-13(17(20)21)11-6-15-4-3-10(11)12/h1-4,6,9H,5,7-8H2,(H,18,19). The van der Waals surface area contributed by atoms with Crippen LogP contribution < -0.4 is 4.90 Å². The summed E-state index contributed by atoms with van der Waals surface area (Å²) in [5.41, 5.74) is 0.920. The van der Waals surface area contributed by atoms with Gasteiger partial charge in [0.1, 0.15) is 0 Å². The van der Waals surface area contributed by atoms with Gasteiger partial charge in [-0.2, -0.15) is 0 Å². The molecule has 21 heavy (non-hydrogen) atoms. The highest BCUT2D eigenvalue weighted by molar-refractivity contribution is 5.99. The SMILES string of the molecule is O=C(O)CC1CN(c2ccc([N+](=O)[O-])c3cnccc23)C1. The van der Waals surface area contributed by atoms with Crippen LogP contribution in [0.15, 0.2) is 30.6 Å². The summed E-state index contributed by atoms with van der Waals surface area (Å²) in [6, 6.07) is 4.95. The van der Waals surface area contributed by atoms with Crippen molar-refractivity contribution in [2.45, 2.75) is 6.42 Å². The Hall–Kier alpha value is -2.70. The molecule has 1 fully saturated rings. The molecule has 1 aliphatic heterocycles. The van der Waals surface area contributed by atoms with Crippen LogP contribution in [0.1, 0.15) is 6.42 Å². The highest BCUT2D eigenvalue weighted by Gasteiger charge is 2.30. The van der Waals surface area contributed by atoms with Crippen LogP contribution in [0.25, 0.3) is 10.8 Å². The molecular weight excluding hydrogens is 274 g/mol. The van der Waals surface area contributed by atoms with Crippen LogP contribution in [0.4, 0.5) is 11.4 Å². The molecule has 0 aliphatic carbocycles. The maximum atomic E-state index is 11.1. The van der Waals surface area contributed by atoms with Gasteiger partial charge in [0.25, 0.3) is 5.69 Å². The number of anilines is 1. The molecule has 1 saturated heterocycles. The fourth-order valence-electron chi connectivity index (χ4n) is 2.74. The van der Waals surface area contributed by atoms with Gasteiger partial charge in [0.15, 0.2) is 0 Å². The summed E-state index contributed by atoms with van der Waals surface area (Å²) < 4.78 is 0. The van der Waals surface area contributed by atoms with E-state index in [-0.39, 0.29) is 18.0 Å². The summed E-state index contributed by atoms with van der Waals surface area (Å²) in [6.45, 7) is 1.31. The Kier molecular flexibility index (Phi) is 3.17. The monoisotopic (exact) mass is 287 g/mol. The minimum Gasteiger partial charge on any atom is -0.481 e. The third kappa shape index (κ3) is 2.37. The van der Waals surface area contributed by atoms with Gasteiger partial charge in [-0.05, 0) is 12.1 Å². The molecule has 1 aromatic heterocycles. The number of carboxylic acid groups (broad SMARTS) is 1. The molecule has 7 heteroatoms. The fraction of sp³-hybridized carbons (Fsp3) is 0.286. The van der Waals surface area contributed by atoms with E-state index in [2.05, 4.69) is 4.98 Å². The molecule has 0 unspecified atom stereocenters. The van der Waals surface area contributed by atoms with Crippen molar-refractivity contribution in [3.8, 4) is 0 Å². The molecule has 0 atom stereocenters. The van der Waals surface area contributed by atoms with Crippen molar-refractivity contribution in [3.63, 3.8) is 0 Å². The van der Waals surface area contributed by atoms with Gasteiger partial charge >= 0.3 is 5.97 Å². The Morgan fingerprint density at radius 3 is 2.81 bits per heavy atom. The lowest BCUT2D eigenvalue weighted by Gasteiger charge is -2.41. The number of rotatable bonds is 4. The summed E-state index contributed by atoms with van der Waals surface area (Å²) >= 11 is 0. The topological polar surface area (TPSA) is 96.6 Å². The maximum Gasteiger partial charge on any atom is 0.303 e. The Bertz CT molecular complexity index is 725. The number of nitrogens with zero attached hydrogens (tertiary/aromatic N) is 3. The van der Waals surface area contributed by atoms with Crippen molar-refractivity contribution in [1.82, 2.24) is 4.98 Å². The van der Waals surface area contributed by atoms with Gasteiger partial charge in [-0.1, -0.05) is 0 Å². The second-order valence-corrected chi connectivity index (χ2v) is 5.15. The molecule has 0 saturated carbocycles. The molecule has 0 spiro atoms. The first-order valence-electron chi connectivity index (χ1n) is 6.54. The van der Waals surface area contributed by atoms with E-state index in [9.17, 15) is 14.9 Å². The quantitative estimate of drug-likeness (QED) is 0.683. The molecule has 0 bridgehead atoms. The maximum absolute atomic E-state index is 11.1. The number of hydrogen-bond acceptors (Lipinski definition) is 5. The molecule has 3 rings (SSSR count). The summed E-state index contributed by atoms with van der Waals surface area (Å²) in [6.07, 6.45) is 3.25. The van der Waals surface area contributed by atoms with E-state index < -0.39 is 10.9 Å². The zero-order chi connectivity index (χ0) is 15.0. The number of non-ortho nitro benzene ring substituents is 1. The molecule has 7 nitrogen and oxygen atoms in total. The second kappa shape index (κ2) is 5.01. The van der Waals surface area contributed by atoms with Crippen LogP contribution in [-0.4, -0.2) is 34.1 Å². The minimum absolute atomic E-state index is 0.0319. The number of fused-ring (bicyclic) bond motifs is 1. The Morgan fingerprint density at radius 1 is 1.38 bits per heavy atom. The van der Waals surface area contributed by atoms with Crippen LogP contribution in [-0.2, 0) is 4.79 Å². The van der Waals surface area contributed by atoms with Crippen LogP contribution in [0.2, 0.25) is 0 Å². The highest BCUT2D eigenvalue weighted by atomic mass is 16.6. The lowest BCUT2D eigenvalue weighted by molar-refractivity contribution is -0.383. The van der Waals surface area contributed by atoms with Crippen LogP contribution >= 0.6 is 0 Å². The molecule has 1 N–H and O–H groups in total. The first-order valence-corrected chi connectivity index (χ1v) is 6.54. The Balaban J connectivity index is 1.93. The van der Waals surface area contributed by atoms with Crippen LogP contribution in [0, 0.1) is 16.0 Å². The zero-order valence-corrected chi connectivity index (χ0v) is 11.1. The van der Waals surface area contributed by atoms with Crippen molar-refractivity contribution in [2.24, 2.45) is 5.92 Å². The lowest BCUT2D eigenvalue weighted by atomic mass is 9.94. The summed E-state index contributed by atoms with van der Waals surface area (Å²) in [4.78, 5) is 27.3. The third-order valence-corrected chi connectivity index (χ3v) is 3.73. The normalized spacial score (nSPS) is 15.0. The molecule has 1 aromatic carbocycles. The lowest BCUT2D eigenvalue weighted by Crippen LogP contribution is -2.47. The first-order chi connectivity index (χ1) is 10.1. The van der Waals surface area contributed by atoms with E-state index in [0.717, 1.165) is 11.1 Å². The predicted octanol–water partition coefficient (Wildman–Crippen LogP) is 2.05. The fourth-order valence-corrected chi connectivity index (χ4v) is 2.74. The average Bonchev–Trinajstić information content (AvgIpc) is 2.41. The number of aliphatic carboxylic acids is 1. The van der Waals surface area contributed by atoms with Crippen molar-refractivity contribution < 1.29 is 14.8 Å². The van der Waals surface area contributed by atoms with E-state index in [1.54, 1.807) is 18.3 Å². The van der Waals surface area contributed by atoms with Crippen LogP contribution in [0.3, 0.4) is 0 Å². The van der Waals surface area contributed by atoms with E-state index in [4.69, 9.17) is 5.11 Å². The highest BCUT2D eigenvalue weighted by Crippen LogP contribution is 2.36. The van der Waals surface area contributed by atoms with Gasteiger partial charge in [0.05, 0.1) is 16.7 Å². The molecule has 108 valence electrons. The number of carboxylic acids is 1. The zero-order valence-electron chi connectivity index (χ0n) is 11.1. The summed E-state index contributed by atoms with van der Waals surface area (Å²) in [5.74, 6) is -0.660. The molecule has 2 aromatic rings. The predicted molar refractivity (Wildman–Crippen MR) is 76.4 cm³/mol. The number of pyridine rings is 1. The van der Waals surface area contributed by atoms with Crippen LogP contribution in [0.5, 0.6) is 0 Å². The van der Waals surface area contributed by atoms with E-state index in [1.807, 2.05) is 4.90 Å². The number of hydrogen-bond donors (Lipinski definition) is 1. The number of nitro benzene ring substituents is 1. The molecule has 1 aliphatic rings. The smallest absolute Gasteiger partial charge is 0.303 e. The Labute approximate surface area is 120 Å². The van der Waals surface area contributed by atoms with Crippen molar-refractivity contribution in [2.75, 3.05) is 18.0 Å². The Morgan fingerprint density at radius 2 is 2.14 bits per heavy atom. The molecule has 2 heterocycles. The van der Waals surface area contributed by atoms with E-state index in [0.29, 0.717) is 18.5 Å². The third-order valence-electron chi connectivity index (χ3n) is 3.73. The molecule has 0 radical (unpaired) electrons. The number of benzene rings is 1.